The molecular weight excluding hydrogens is 308 g/mol. The van der Waals surface area contributed by atoms with E-state index in [1.165, 1.54) is 0 Å². The lowest BCUT2D eigenvalue weighted by Crippen LogP contribution is -2.51. The highest BCUT2D eigenvalue weighted by Gasteiger charge is 2.36. The molecule has 24 heavy (non-hydrogen) atoms. The molecule has 1 aromatic rings. The Balaban J connectivity index is 1.86. The number of rotatable bonds is 6. The zero-order chi connectivity index (χ0) is 17.7. The zero-order valence-electron chi connectivity index (χ0n) is 15.1. The number of aryl methyl sites for hydroxylation is 2. The predicted octanol–water partition coefficient (Wildman–Crippen LogP) is 1.45. The maximum atomic E-state index is 12.2. The number of H-pyrrole nitrogens is 1. The fourth-order valence-corrected chi connectivity index (χ4v) is 3.29. The van der Waals surface area contributed by atoms with Crippen LogP contribution >= 0.6 is 0 Å². The Bertz CT molecular complexity index is 579. The number of carbonyl (C=O) groups excluding carboxylic acids is 2. The highest BCUT2D eigenvalue weighted by atomic mass is 16.5. The normalized spacial score (nSPS) is 20.9. The highest BCUT2D eigenvalue weighted by Crippen LogP contribution is 2.29. The van der Waals surface area contributed by atoms with Gasteiger partial charge in [0, 0.05) is 51.3 Å². The number of nitrogens with one attached hydrogen (secondary N) is 2. The van der Waals surface area contributed by atoms with E-state index in [0.29, 0.717) is 25.9 Å². The van der Waals surface area contributed by atoms with E-state index in [4.69, 9.17) is 4.74 Å². The minimum Gasteiger partial charge on any atom is -0.376 e. The summed E-state index contributed by atoms with van der Waals surface area (Å²) in [6.07, 6.45) is 2.78. The van der Waals surface area contributed by atoms with Gasteiger partial charge in [-0.05, 0) is 33.1 Å². The van der Waals surface area contributed by atoms with Crippen LogP contribution in [0.5, 0.6) is 0 Å². The van der Waals surface area contributed by atoms with Crippen LogP contribution in [0.25, 0.3) is 0 Å². The second kappa shape index (κ2) is 7.79. The first-order valence-electron chi connectivity index (χ1n) is 8.45. The number of amides is 2. The molecule has 7 heteroatoms. The number of methoxy groups -OCH3 is 1. The van der Waals surface area contributed by atoms with Crippen LogP contribution in [0.15, 0.2) is 0 Å². The van der Waals surface area contributed by atoms with E-state index in [1.54, 1.807) is 14.0 Å². The third-order valence-electron chi connectivity index (χ3n) is 4.97. The van der Waals surface area contributed by atoms with Gasteiger partial charge in [0.25, 0.3) is 0 Å². The molecule has 7 nitrogen and oxygen atoms in total. The number of nitrogens with zero attached hydrogens (tertiary/aromatic N) is 2. The number of aromatic amines is 1. The quantitative estimate of drug-likeness (QED) is 0.823. The SMILES string of the molecule is CO[C@@]1(CCC(=O)NCc2c(C)n[nH]c2C)CCCN(C(C)=O)C1. The number of hydrogen-bond acceptors (Lipinski definition) is 4. The van der Waals surface area contributed by atoms with Crippen molar-refractivity contribution in [3.63, 3.8) is 0 Å². The summed E-state index contributed by atoms with van der Waals surface area (Å²) in [4.78, 5) is 25.6. The molecule has 0 aromatic carbocycles. The molecule has 1 atom stereocenters. The molecule has 0 unspecified atom stereocenters. The summed E-state index contributed by atoms with van der Waals surface area (Å²) < 4.78 is 5.71. The Hall–Kier alpha value is -1.89. The Morgan fingerprint density at radius 2 is 2.17 bits per heavy atom. The van der Waals surface area contributed by atoms with E-state index in [-0.39, 0.29) is 11.8 Å². The standard InChI is InChI=1S/C17H28N4O3/c1-12-15(13(2)20-19-12)10-18-16(23)6-8-17(24-4)7-5-9-21(11-17)14(3)22/h5-11H2,1-4H3,(H,18,23)(H,19,20)/t17-/m1/s1. The molecule has 1 aliphatic rings. The summed E-state index contributed by atoms with van der Waals surface area (Å²) in [5.74, 6) is 0.0536. The fraction of sp³-hybridized carbons (Fsp3) is 0.706. The van der Waals surface area contributed by atoms with Crippen LogP contribution in [0, 0.1) is 13.8 Å². The van der Waals surface area contributed by atoms with Gasteiger partial charge < -0.3 is 15.0 Å². The topological polar surface area (TPSA) is 87.3 Å². The van der Waals surface area contributed by atoms with Crippen molar-refractivity contribution < 1.29 is 14.3 Å². The Morgan fingerprint density at radius 1 is 1.42 bits per heavy atom. The van der Waals surface area contributed by atoms with Crippen molar-refractivity contribution in [2.24, 2.45) is 0 Å². The molecule has 1 aromatic heterocycles. The van der Waals surface area contributed by atoms with E-state index in [2.05, 4.69) is 15.5 Å². The average molecular weight is 336 g/mol. The van der Waals surface area contributed by atoms with Gasteiger partial charge in [0.05, 0.1) is 11.3 Å². The van der Waals surface area contributed by atoms with Crippen molar-refractivity contribution in [3.05, 3.63) is 17.0 Å². The Morgan fingerprint density at radius 3 is 2.75 bits per heavy atom. The van der Waals surface area contributed by atoms with Gasteiger partial charge in [0.1, 0.15) is 0 Å². The van der Waals surface area contributed by atoms with Gasteiger partial charge >= 0.3 is 0 Å². The lowest BCUT2D eigenvalue weighted by molar-refractivity contribution is -0.139. The van der Waals surface area contributed by atoms with Crippen molar-refractivity contribution >= 4 is 11.8 Å². The van der Waals surface area contributed by atoms with Crippen LogP contribution in [-0.2, 0) is 20.9 Å². The summed E-state index contributed by atoms with van der Waals surface area (Å²) >= 11 is 0. The van der Waals surface area contributed by atoms with E-state index in [1.807, 2.05) is 18.7 Å². The van der Waals surface area contributed by atoms with E-state index in [0.717, 1.165) is 36.3 Å². The van der Waals surface area contributed by atoms with Gasteiger partial charge in [0.15, 0.2) is 0 Å². The van der Waals surface area contributed by atoms with Crippen molar-refractivity contribution in [3.8, 4) is 0 Å². The van der Waals surface area contributed by atoms with Crippen LogP contribution in [0.4, 0.5) is 0 Å². The number of likely N-dealkylation sites (tertiary alicyclic amines) is 1. The number of carbonyl (C=O) groups is 2. The smallest absolute Gasteiger partial charge is 0.220 e. The molecule has 2 heterocycles. The maximum absolute atomic E-state index is 12.2. The van der Waals surface area contributed by atoms with Crippen molar-refractivity contribution in [2.75, 3.05) is 20.2 Å². The Kier molecular flexibility index (Phi) is 5.99. The molecule has 1 aliphatic heterocycles. The molecule has 0 aliphatic carbocycles. The first-order chi connectivity index (χ1) is 11.4. The van der Waals surface area contributed by atoms with Crippen LogP contribution in [-0.4, -0.2) is 52.7 Å². The van der Waals surface area contributed by atoms with Gasteiger partial charge in [-0.1, -0.05) is 0 Å². The summed E-state index contributed by atoms with van der Waals surface area (Å²) in [5, 5.41) is 9.99. The molecule has 2 amide bonds. The molecular formula is C17H28N4O3. The first kappa shape index (κ1) is 18.4. The minimum atomic E-state index is -0.414. The van der Waals surface area contributed by atoms with Crippen LogP contribution < -0.4 is 5.32 Å². The predicted molar refractivity (Wildman–Crippen MR) is 90.4 cm³/mol. The molecule has 0 bridgehead atoms. The molecule has 1 saturated heterocycles. The van der Waals surface area contributed by atoms with Crippen molar-refractivity contribution in [1.29, 1.82) is 0 Å². The van der Waals surface area contributed by atoms with Gasteiger partial charge in [-0.2, -0.15) is 5.10 Å². The number of ether oxygens (including phenoxy) is 1. The molecule has 0 radical (unpaired) electrons. The van der Waals surface area contributed by atoms with E-state index < -0.39 is 5.60 Å². The molecule has 0 saturated carbocycles. The van der Waals surface area contributed by atoms with Crippen LogP contribution in [0.3, 0.4) is 0 Å². The maximum Gasteiger partial charge on any atom is 0.220 e. The minimum absolute atomic E-state index is 0.00799. The van der Waals surface area contributed by atoms with Crippen molar-refractivity contribution in [2.45, 2.75) is 58.6 Å². The van der Waals surface area contributed by atoms with Crippen molar-refractivity contribution in [1.82, 2.24) is 20.4 Å². The summed E-state index contributed by atoms with van der Waals surface area (Å²) in [5.41, 5.74) is 2.50. The third-order valence-corrected chi connectivity index (χ3v) is 4.97. The largest absolute Gasteiger partial charge is 0.376 e. The molecule has 134 valence electrons. The monoisotopic (exact) mass is 336 g/mol. The van der Waals surface area contributed by atoms with Gasteiger partial charge in [-0.15, -0.1) is 0 Å². The highest BCUT2D eigenvalue weighted by molar-refractivity contribution is 5.76. The first-order valence-corrected chi connectivity index (χ1v) is 8.45. The molecule has 0 spiro atoms. The van der Waals surface area contributed by atoms with E-state index >= 15 is 0 Å². The van der Waals surface area contributed by atoms with Gasteiger partial charge in [-0.3, -0.25) is 14.7 Å². The third kappa shape index (κ3) is 4.35. The average Bonchev–Trinajstić information content (AvgIpc) is 2.89. The fourth-order valence-electron chi connectivity index (χ4n) is 3.29. The zero-order valence-corrected chi connectivity index (χ0v) is 15.1. The van der Waals surface area contributed by atoms with Gasteiger partial charge in [-0.25, -0.2) is 0 Å². The van der Waals surface area contributed by atoms with Crippen LogP contribution in [0.2, 0.25) is 0 Å². The second-order valence-corrected chi connectivity index (χ2v) is 6.62. The number of aromatic nitrogens is 2. The Labute approximate surface area is 143 Å². The lowest BCUT2D eigenvalue weighted by atomic mass is 9.87. The van der Waals surface area contributed by atoms with Gasteiger partial charge in [0.2, 0.25) is 11.8 Å². The summed E-state index contributed by atoms with van der Waals surface area (Å²) in [6, 6.07) is 0. The van der Waals surface area contributed by atoms with E-state index in [9.17, 15) is 9.59 Å². The molecule has 2 N–H and O–H groups in total. The molecule has 2 rings (SSSR count). The second-order valence-electron chi connectivity index (χ2n) is 6.62. The summed E-state index contributed by atoms with van der Waals surface area (Å²) in [7, 11) is 1.67. The number of hydrogen-bond donors (Lipinski definition) is 2. The lowest BCUT2D eigenvalue weighted by Gasteiger charge is -2.41. The molecule has 1 fully saturated rings. The van der Waals surface area contributed by atoms with Crippen LogP contribution in [0.1, 0.15) is 49.6 Å². The summed E-state index contributed by atoms with van der Waals surface area (Å²) in [6.45, 7) is 7.25. The number of piperidine rings is 1.